The third-order valence-corrected chi connectivity index (χ3v) is 3.52. The average molecular weight is 254 g/mol. The van der Waals surface area contributed by atoms with Gasteiger partial charge in [-0.25, -0.2) is 9.50 Å². The first-order chi connectivity index (χ1) is 9.33. The second kappa shape index (κ2) is 3.74. The second-order valence-electron chi connectivity index (χ2n) is 4.63. The molecule has 1 unspecified atom stereocenters. The summed E-state index contributed by atoms with van der Waals surface area (Å²) in [7, 11) is 0. The van der Waals surface area contributed by atoms with Crippen molar-refractivity contribution in [3.8, 4) is 0 Å². The van der Waals surface area contributed by atoms with E-state index in [9.17, 15) is 4.79 Å². The maximum absolute atomic E-state index is 12.2. The molecule has 0 saturated carbocycles. The summed E-state index contributed by atoms with van der Waals surface area (Å²) in [4.78, 5) is 20.4. The Morgan fingerprint density at radius 1 is 1.32 bits per heavy atom. The molecule has 6 nitrogen and oxygen atoms in total. The Labute approximate surface area is 108 Å². The van der Waals surface area contributed by atoms with Gasteiger partial charge in [-0.05, 0) is 12.1 Å². The van der Waals surface area contributed by atoms with Crippen molar-refractivity contribution in [3.63, 3.8) is 0 Å². The average Bonchev–Trinajstić information content (AvgIpc) is 3.09. The van der Waals surface area contributed by atoms with Crippen molar-refractivity contribution >= 4 is 11.6 Å². The Balaban J connectivity index is 1.88. The quantitative estimate of drug-likeness (QED) is 0.660. The van der Waals surface area contributed by atoms with Gasteiger partial charge < -0.3 is 4.42 Å². The molecule has 1 aliphatic rings. The van der Waals surface area contributed by atoms with E-state index in [1.807, 2.05) is 12.1 Å². The van der Waals surface area contributed by atoms with Crippen LogP contribution in [0.5, 0.6) is 0 Å². The van der Waals surface area contributed by atoms with Gasteiger partial charge in [-0.1, -0.05) is 0 Å². The van der Waals surface area contributed by atoms with Crippen LogP contribution in [0, 0.1) is 0 Å². The first-order valence-electron chi connectivity index (χ1n) is 6.07. The molecule has 0 saturated heterocycles. The van der Waals surface area contributed by atoms with Gasteiger partial charge in [0, 0.05) is 25.0 Å². The number of rotatable bonds is 1. The number of hydrogen-bond acceptors (Lipinski definition) is 5. The van der Waals surface area contributed by atoms with Crippen molar-refractivity contribution in [3.05, 3.63) is 47.9 Å². The molecule has 6 heteroatoms. The maximum Gasteiger partial charge on any atom is 0.252 e. The van der Waals surface area contributed by atoms with E-state index in [1.165, 1.54) is 6.33 Å². The standard InChI is InChI=1S/C13H10N4O2/c18-11-5-8(12-2-1-3-19-12)4-10-9(11)6-14-13-15-7-16-17(10)13/h1-3,6-8H,4-5H2. The monoisotopic (exact) mass is 254 g/mol. The highest BCUT2D eigenvalue weighted by Gasteiger charge is 2.30. The van der Waals surface area contributed by atoms with E-state index in [1.54, 1.807) is 17.0 Å². The Hall–Kier alpha value is -2.50. The zero-order valence-electron chi connectivity index (χ0n) is 9.98. The summed E-state index contributed by atoms with van der Waals surface area (Å²) in [5.74, 6) is 1.49. The zero-order chi connectivity index (χ0) is 12.8. The summed E-state index contributed by atoms with van der Waals surface area (Å²) in [6.45, 7) is 0. The molecule has 0 amide bonds. The predicted molar refractivity (Wildman–Crippen MR) is 64.9 cm³/mol. The van der Waals surface area contributed by atoms with Gasteiger partial charge in [-0.15, -0.1) is 0 Å². The minimum absolute atomic E-state index is 0.0600. The fourth-order valence-electron chi connectivity index (χ4n) is 2.62. The number of nitrogens with zero attached hydrogens (tertiary/aromatic N) is 4. The van der Waals surface area contributed by atoms with E-state index in [-0.39, 0.29) is 11.7 Å². The summed E-state index contributed by atoms with van der Waals surface area (Å²) in [6, 6.07) is 3.75. The van der Waals surface area contributed by atoms with E-state index >= 15 is 0 Å². The van der Waals surface area contributed by atoms with Crippen LogP contribution in [0.4, 0.5) is 0 Å². The van der Waals surface area contributed by atoms with E-state index in [0.29, 0.717) is 24.2 Å². The third kappa shape index (κ3) is 1.49. The van der Waals surface area contributed by atoms with Crippen LogP contribution in [0.1, 0.15) is 34.2 Å². The van der Waals surface area contributed by atoms with E-state index in [2.05, 4.69) is 15.1 Å². The Morgan fingerprint density at radius 3 is 3.11 bits per heavy atom. The molecule has 3 heterocycles. The molecule has 1 atom stereocenters. The van der Waals surface area contributed by atoms with Gasteiger partial charge in [0.15, 0.2) is 5.78 Å². The van der Waals surface area contributed by atoms with Gasteiger partial charge in [0.2, 0.25) is 0 Å². The van der Waals surface area contributed by atoms with Crippen LogP contribution >= 0.6 is 0 Å². The summed E-state index contributed by atoms with van der Waals surface area (Å²) < 4.78 is 7.06. The molecule has 0 aliphatic heterocycles. The molecule has 0 aromatic carbocycles. The Morgan fingerprint density at radius 2 is 2.26 bits per heavy atom. The molecular weight excluding hydrogens is 244 g/mol. The topological polar surface area (TPSA) is 73.3 Å². The van der Waals surface area contributed by atoms with Crippen LogP contribution < -0.4 is 0 Å². The lowest BCUT2D eigenvalue weighted by Gasteiger charge is -2.21. The molecule has 0 bridgehead atoms. The predicted octanol–water partition coefficient (Wildman–Crippen LogP) is 1.63. The number of aromatic nitrogens is 4. The van der Waals surface area contributed by atoms with Crippen molar-refractivity contribution < 1.29 is 9.21 Å². The van der Waals surface area contributed by atoms with Crippen LogP contribution in [0.3, 0.4) is 0 Å². The molecule has 1 aliphatic carbocycles. The van der Waals surface area contributed by atoms with Gasteiger partial charge in [-0.2, -0.15) is 10.1 Å². The van der Waals surface area contributed by atoms with Crippen LogP contribution in [0.2, 0.25) is 0 Å². The maximum atomic E-state index is 12.2. The summed E-state index contributed by atoms with van der Waals surface area (Å²) in [5.41, 5.74) is 1.50. The third-order valence-electron chi connectivity index (χ3n) is 3.52. The Bertz CT molecular complexity index is 760. The highest BCUT2D eigenvalue weighted by Crippen LogP contribution is 2.32. The molecule has 19 heavy (non-hydrogen) atoms. The van der Waals surface area contributed by atoms with Crippen molar-refractivity contribution in [1.82, 2.24) is 19.6 Å². The molecule has 0 fully saturated rings. The minimum Gasteiger partial charge on any atom is -0.469 e. The highest BCUT2D eigenvalue weighted by molar-refractivity contribution is 5.98. The molecule has 0 radical (unpaired) electrons. The molecular formula is C13H10N4O2. The number of hydrogen-bond donors (Lipinski definition) is 0. The molecule has 3 aromatic rings. The highest BCUT2D eigenvalue weighted by atomic mass is 16.3. The van der Waals surface area contributed by atoms with Crippen molar-refractivity contribution in [2.75, 3.05) is 0 Å². The number of carbonyl (C=O) groups excluding carboxylic acids is 1. The number of Topliss-reactive ketones (excluding diaryl/α,β-unsaturated/α-hetero) is 1. The number of carbonyl (C=O) groups is 1. The van der Waals surface area contributed by atoms with Crippen molar-refractivity contribution in [1.29, 1.82) is 0 Å². The zero-order valence-corrected chi connectivity index (χ0v) is 9.98. The first kappa shape index (κ1) is 10.4. The first-order valence-corrected chi connectivity index (χ1v) is 6.07. The largest absolute Gasteiger partial charge is 0.469 e. The SMILES string of the molecule is O=C1CC(c2ccco2)Cc2c1cnc1ncnn21. The van der Waals surface area contributed by atoms with Gasteiger partial charge >= 0.3 is 0 Å². The van der Waals surface area contributed by atoms with E-state index in [0.717, 1.165) is 11.5 Å². The molecule has 4 rings (SSSR count). The van der Waals surface area contributed by atoms with E-state index in [4.69, 9.17) is 4.42 Å². The van der Waals surface area contributed by atoms with Crippen LogP contribution in [0.25, 0.3) is 5.78 Å². The summed E-state index contributed by atoms with van der Waals surface area (Å²) >= 11 is 0. The van der Waals surface area contributed by atoms with Gasteiger partial charge in [-0.3, -0.25) is 4.79 Å². The lowest BCUT2D eigenvalue weighted by Crippen LogP contribution is -2.22. The fourth-order valence-corrected chi connectivity index (χ4v) is 2.62. The number of furan rings is 1. The minimum atomic E-state index is 0.0600. The number of fused-ring (bicyclic) bond motifs is 3. The fraction of sp³-hybridized carbons (Fsp3) is 0.231. The second-order valence-corrected chi connectivity index (χ2v) is 4.63. The van der Waals surface area contributed by atoms with Crippen LogP contribution in [0.15, 0.2) is 35.3 Å². The normalized spacial score (nSPS) is 18.7. The van der Waals surface area contributed by atoms with Crippen molar-refractivity contribution in [2.45, 2.75) is 18.8 Å². The molecule has 0 N–H and O–H groups in total. The lowest BCUT2D eigenvalue weighted by molar-refractivity contribution is 0.0958. The molecule has 0 spiro atoms. The molecule has 94 valence electrons. The summed E-state index contributed by atoms with van der Waals surface area (Å²) in [6.07, 6.45) is 5.83. The van der Waals surface area contributed by atoms with Gasteiger partial charge in [0.25, 0.3) is 5.78 Å². The smallest absolute Gasteiger partial charge is 0.252 e. The Kier molecular flexibility index (Phi) is 2.05. The molecule has 3 aromatic heterocycles. The van der Waals surface area contributed by atoms with Crippen LogP contribution in [-0.4, -0.2) is 25.4 Å². The van der Waals surface area contributed by atoms with E-state index < -0.39 is 0 Å². The van der Waals surface area contributed by atoms with Crippen LogP contribution in [-0.2, 0) is 6.42 Å². The lowest BCUT2D eigenvalue weighted by atomic mass is 9.85. The number of ketones is 1. The van der Waals surface area contributed by atoms with Gasteiger partial charge in [0.1, 0.15) is 12.1 Å². The van der Waals surface area contributed by atoms with Gasteiger partial charge in [0.05, 0.1) is 17.5 Å². The van der Waals surface area contributed by atoms with Crippen molar-refractivity contribution in [2.24, 2.45) is 0 Å². The summed E-state index contributed by atoms with van der Waals surface area (Å²) in [5, 5.41) is 4.14.